The molecule has 0 saturated heterocycles. The number of fused-ring (bicyclic) bond motifs is 1. The molecule has 1 aromatic carbocycles. The summed E-state index contributed by atoms with van der Waals surface area (Å²) in [6.07, 6.45) is 6.33. The van der Waals surface area contributed by atoms with Crippen LogP contribution in [0.15, 0.2) is 36.9 Å². The molecule has 3 nitrogen and oxygen atoms in total. The molecule has 3 heteroatoms. The SMILES string of the molecule is C=CCCC(=O)/C=C/c1ccc2c(c1)OCO2. The number of allylic oxidation sites excluding steroid dienone is 2. The van der Waals surface area contributed by atoms with E-state index in [0.717, 1.165) is 17.1 Å². The Labute approximate surface area is 100 Å². The maximum absolute atomic E-state index is 11.4. The van der Waals surface area contributed by atoms with Crippen LogP contribution in [0.4, 0.5) is 0 Å². The molecule has 0 radical (unpaired) electrons. The highest BCUT2D eigenvalue weighted by Gasteiger charge is 2.12. The fraction of sp³-hybridized carbons (Fsp3) is 0.214. The van der Waals surface area contributed by atoms with E-state index in [-0.39, 0.29) is 12.6 Å². The van der Waals surface area contributed by atoms with Gasteiger partial charge in [-0.25, -0.2) is 0 Å². The van der Waals surface area contributed by atoms with Crippen molar-refractivity contribution in [1.29, 1.82) is 0 Å². The predicted octanol–water partition coefficient (Wildman–Crippen LogP) is 2.96. The van der Waals surface area contributed by atoms with E-state index in [4.69, 9.17) is 9.47 Å². The molecule has 0 bridgehead atoms. The van der Waals surface area contributed by atoms with E-state index in [1.807, 2.05) is 18.2 Å². The van der Waals surface area contributed by atoms with E-state index in [1.165, 1.54) is 0 Å². The van der Waals surface area contributed by atoms with Gasteiger partial charge in [0.05, 0.1) is 0 Å². The highest BCUT2D eigenvalue weighted by Crippen LogP contribution is 2.32. The molecular formula is C14H14O3. The monoisotopic (exact) mass is 230 g/mol. The number of rotatable bonds is 5. The lowest BCUT2D eigenvalue weighted by Crippen LogP contribution is -1.92. The molecule has 0 spiro atoms. The van der Waals surface area contributed by atoms with Gasteiger partial charge in [0.1, 0.15) is 0 Å². The Bertz CT molecular complexity index is 461. The van der Waals surface area contributed by atoms with Crippen molar-refractivity contribution >= 4 is 11.9 Å². The summed E-state index contributed by atoms with van der Waals surface area (Å²) in [5.74, 6) is 1.58. The normalized spacial score (nSPS) is 12.9. The van der Waals surface area contributed by atoms with E-state index in [1.54, 1.807) is 18.2 Å². The van der Waals surface area contributed by atoms with Gasteiger partial charge in [0, 0.05) is 6.42 Å². The zero-order valence-corrected chi connectivity index (χ0v) is 9.52. The summed E-state index contributed by atoms with van der Waals surface area (Å²) < 4.78 is 10.5. The maximum atomic E-state index is 11.4. The Kier molecular flexibility index (Phi) is 3.60. The first-order valence-corrected chi connectivity index (χ1v) is 5.51. The third kappa shape index (κ3) is 2.97. The number of carbonyl (C=O) groups is 1. The molecular weight excluding hydrogens is 216 g/mol. The van der Waals surface area contributed by atoms with E-state index in [0.29, 0.717) is 12.8 Å². The smallest absolute Gasteiger partial charge is 0.231 e. The lowest BCUT2D eigenvalue weighted by Gasteiger charge is -1.97. The summed E-state index contributed by atoms with van der Waals surface area (Å²) in [6, 6.07) is 5.60. The van der Waals surface area contributed by atoms with Crippen LogP contribution < -0.4 is 9.47 Å². The standard InChI is InChI=1S/C14H14O3/c1-2-3-4-12(15)7-5-11-6-8-13-14(9-11)17-10-16-13/h2,5-9H,1,3-4,10H2/b7-5+. The quantitative estimate of drug-likeness (QED) is 0.576. The first kappa shape index (κ1) is 11.5. The van der Waals surface area contributed by atoms with Gasteiger partial charge < -0.3 is 9.47 Å². The van der Waals surface area contributed by atoms with Crippen molar-refractivity contribution in [3.63, 3.8) is 0 Å². The molecule has 88 valence electrons. The summed E-state index contributed by atoms with van der Waals surface area (Å²) in [5.41, 5.74) is 0.932. The number of hydrogen-bond acceptors (Lipinski definition) is 3. The number of ether oxygens (including phenoxy) is 2. The van der Waals surface area contributed by atoms with Crippen LogP contribution in [0, 0.1) is 0 Å². The van der Waals surface area contributed by atoms with Gasteiger partial charge in [-0.3, -0.25) is 4.79 Å². The lowest BCUT2D eigenvalue weighted by atomic mass is 10.1. The van der Waals surface area contributed by atoms with E-state index in [2.05, 4.69) is 6.58 Å². The molecule has 0 atom stereocenters. The molecule has 0 aromatic heterocycles. The first-order valence-electron chi connectivity index (χ1n) is 5.51. The fourth-order valence-corrected chi connectivity index (χ4v) is 1.53. The molecule has 0 fully saturated rings. The van der Waals surface area contributed by atoms with Crippen molar-refractivity contribution in [3.05, 3.63) is 42.5 Å². The highest BCUT2D eigenvalue weighted by molar-refractivity contribution is 5.93. The number of ketones is 1. The zero-order valence-electron chi connectivity index (χ0n) is 9.52. The van der Waals surface area contributed by atoms with E-state index < -0.39 is 0 Å². The van der Waals surface area contributed by atoms with Crippen molar-refractivity contribution in [2.45, 2.75) is 12.8 Å². The minimum Gasteiger partial charge on any atom is -0.454 e. The van der Waals surface area contributed by atoms with Crippen molar-refractivity contribution in [3.8, 4) is 11.5 Å². The third-order valence-corrected chi connectivity index (χ3v) is 2.45. The minimum atomic E-state index is 0.0996. The van der Waals surface area contributed by atoms with Gasteiger partial charge in [-0.2, -0.15) is 0 Å². The van der Waals surface area contributed by atoms with Crippen molar-refractivity contribution in [2.24, 2.45) is 0 Å². The van der Waals surface area contributed by atoms with Crippen LogP contribution in [-0.4, -0.2) is 12.6 Å². The first-order chi connectivity index (χ1) is 8.29. The molecule has 0 saturated carbocycles. The Morgan fingerprint density at radius 2 is 2.18 bits per heavy atom. The molecule has 1 aliphatic rings. The fourth-order valence-electron chi connectivity index (χ4n) is 1.53. The van der Waals surface area contributed by atoms with Gasteiger partial charge in [-0.1, -0.05) is 18.2 Å². The lowest BCUT2D eigenvalue weighted by molar-refractivity contribution is -0.114. The van der Waals surface area contributed by atoms with Gasteiger partial charge >= 0.3 is 0 Å². The Morgan fingerprint density at radius 3 is 3.00 bits per heavy atom. The predicted molar refractivity (Wildman–Crippen MR) is 66.0 cm³/mol. The zero-order chi connectivity index (χ0) is 12.1. The molecule has 1 aliphatic heterocycles. The van der Waals surface area contributed by atoms with Gasteiger partial charge in [-0.15, -0.1) is 6.58 Å². The summed E-state index contributed by atoms with van der Waals surface area (Å²) in [5, 5.41) is 0. The van der Waals surface area contributed by atoms with E-state index in [9.17, 15) is 4.79 Å². The second-order valence-corrected chi connectivity index (χ2v) is 3.74. The highest BCUT2D eigenvalue weighted by atomic mass is 16.7. The molecule has 0 aliphatic carbocycles. The van der Waals surface area contributed by atoms with Crippen molar-refractivity contribution in [1.82, 2.24) is 0 Å². The maximum Gasteiger partial charge on any atom is 0.231 e. The number of carbonyl (C=O) groups excluding carboxylic acids is 1. The minimum absolute atomic E-state index is 0.0996. The van der Waals surface area contributed by atoms with Crippen LogP contribution in [0.25, 0.3) is 6.08 Å². The molecule has 2 rings (SSSR count). The van der Waals surface area contributed by atoms with Crippen LogP contribution in [-0.2, 0) is 4.79 Å². The Morgan fingerprint density at radius 1 is 1.35 bits per heavy atom. The molecule has 0 amide bonds. The molecule has 17 heavy (non-hydrogen) atoms. The van der Waals surface area contributed by atoms with Crippen molar-refractivity contribution in [2.75, 3.05) is 6.79 Å². The average molecular weight is 230 g/mol. The van der Waals surface area contributed by atoms with Crippen LogP contribution >= 0.6 is 0 Å². The largest absolute Gasteiger partial charge is 0.454 e. The second kappa shape index (κ2) is 5.34. The van der Waals surface area contributed by atoms with E-state index >= 15 is 0 Å². The van der Waals surface area contributed by atoms with Gasteiger partial charge in [-0.05, 0) is 30.2 Å². The number of benzene rings is 1. The van der Waals surface area contributed by atoms with Crippen LogP contribution in [0.3, 0.4) is 0 Å². The van der Waals surface area contributed by atoms with Crippen LogP contribution in [0.1, 0.15) is 18.4 Å². The van der Waals surface area contributed by atoms with Gasteiger partial charge in [0.2, 0.25) is 6.79 Å². The van der Waals surface area contributed by atoms with Crippen molar-refractivity contribution < 1.29 is 14.3 Å². The molecule has 1 aromatic rings. The van der Waals surface area contributed by atoms with Crippen LogP contribution in [0.2, 0.25) is 0 Å². The van der Waals surface area contributed by atoms with Gasteiger partial charge in [0.15, 0.2) is 17.3 Å². The molecule has 0 N–H and O–H groups in total. The topological polar surface area (TPSA) is 35.5 Å². The number of hydrogen-bond donors (Lipinski definition) is 0. The van der Waals surface area contributed by atoms with Crippen LogP contribution in [0.5, 0.6) is 11.5 Å². The summed E-state index contributed by atoms with van der Waals surface area (Å²) in [6.45, 7) is 3.85. The molecule has 0 unspecified atom stereocenters. The Balaban J connectivity index is 2.01. The molecule has 1 heterocycles. The summed E-state index contributed by atoms with van der Waals surface area (Å²) >= 11 is 0. The van der Waals surface area contributed by atoms with Gasteiger partial charge in [0.25, 0.3) is 0 Å². The second-order valence-electron chi connectivity index (χ2n) is 3.74. The average Bonchev–Trinajstić information content (AvgIpc) is 2.81. The summed E-state index contributed by atoms with van der Waals surface area (Å²) in [7, 11) is 0. The summed E-state index contributed by atoms with van der Waals surface area (Å²) in [4.78, 5) is 11.4. The third-order valence-electron chi connectivity index (χ3n) is 2.45. The Hall–Kier alpha value is -2.03.